The van der Waals surface area contributed by atoms with E-state index in [-0.39, 0.29) is 0 Å². The molecule has 1 aromatic rings. The highest BCUT2D eigenvalue weighted by Crippen LogP contribution is 2.44. The molecule has 0 radical (unpaired) electrons. The van der Waals surface area contributed by atoms with Crippen molar-refractivity contribution in [3.05, 3.63) is 35.7 Å². The Hall–Kier alpha value is -1.01. The molecule has 0 saturated carbocycles. The Morgan fingerprint density at radius 3 is 2.38 bits per heavy atom. The molecule has 0 N–H and O–H groups in total. The van der Waals surface area contributed by atoms with Gasteiger partial charge in [0.05, 0.1) is 5.69 Å². The van der Waals surface area contributed by atoms with Crippen molar-refractivity contribution in [3.63, 3.8) is 0 Å². The van der Waals surface area contributed by atoms with E-state index in [0.29, 0.717) is 17.8 Å². The van der Waals surface area contributed by atoms with E-state index in [1.165, 1.54) is 5.57 Å². The predicted molar refractivity (Wildman–Crippen MR) is 76.9 cm³/mol. The molecule has 0 spiro atoms. The van der Waals surface area contributed by atoms with Crippen molar-refractivity contribution < 1.29 is 13.2 Å². The van der Waals surface area contributed by atoms with Gasteiger partial charge in [-0.2, -0.15) is 13.2 Å². The Morgan fingerprint density at radius 1 is 1.24 bits per heavy atom. The van der Waals surface area contributed by atoms with Crippen molar-refractivity contribution in [2.24, 2.45) is 0 Å². The predicted octanol–water partition coefficient (Wildman–Crippen LogP) is 4.60. The van der Waals surface area contributed by atoms with Crippen molar-refractivity contribution in [2.45, 2.75) is 55.8 Å². The van der Waals surface area contributed by atoms with Crippen LogP contribution in [0.25, 0.3) is 0 Å². The number of rotatable bonds is 2. The van der Waals surface area contributed by atoms with Gasteiger partial charge < -0.3 is 0 Å². The summed E-state index contributed by atoms with van der Waals surface area (Å²) < 4.78 is 40.3. The van der Waals surface area contributed by atoms with Gasteiger partial charge in [0.1, 0.15) is 5.69 Å². The van der Waals surface area contributed by atoms with Gasteiger partial charge in [0, 0.05) is 17.0 Å². The fourth-order valence-electron chi connectivity index (χ4n) is 3.14. The second kappa shape index (κ2) is 5.32. The summed E-state index contributed by atoms with van der Waals surface area (Å²) in [5.74, 6) is 0. The fraction of sp³-hybridized carbons (Fsp3) is 0.533. The van der Waals surface area contributed by atoms with Gasteiger partial charge in [-0.25, -0.2) is 9.29 Å². The Morgan fingerprint density at radius 2 is 1.86 bits per heavy atom. The van der Waals surface area contributed by atoms with Crippen LogP contribution in [0.15, 0.2) is 29.2 Å². The molecule has 2 fully saturated rings. The molecular formula is C15H17F3N2S. The summed E-state index contributed by atoms with van der Waals surface area (Å²) in [6.45, 7) is 5.72. The van der Waals surface area contributed by atoms with Gasteiger partial charge in [-0.05, 0) is 56.7 Å². The van der Waals surface area contributed by atoms with Crippen molar-refractivity contribution in [2.75, 3.05) is 0 Å². The number of alkyl halides is 3. The average Bonchev–Trinajstić information content (AvgIpc) is 2.63. The number of pyridine rings is 1. The Balaban J connectivity index is 1.78. The standard InChI is InChI=1S/C15H17F3N2S/c1-9-7-11-3-4-12(8-9)20(11)21-13-5-6-14(15(16,17)18)19-10(13)2/h5-6,11-12H,1,3-4,7-8H2,2H3. The second-order valence-corrected chi connectivity index (χ2v) is 6.82. The van der Waals surface area contributed by atoms with Gasteiger partial charge in [-0.1, -0.05) is 12.2 Å². The summed E-state index contributed by atoms with van der Waals surface area (Å²) in [6.07, 6.45) is -0.101. The molecule has 2 nitrogen and oxygen atoms in total. The molecule has 2 aliphatic rings. The maximum Gasteiger partial charge on any atom is 0.433 e. The lowest BCUT2D eigenvalue weighted by atomic mass is 10.0. The zero-order valence-corrected chi connectivity index (χ0v) is 12.6. The van der Waals surface area contributed by atoms with Crippen LogP contribution < -0.4 is 0 Å². The van der Waals surface area contributed by atoms with Crippen LogP contribution in [0, 0.1) is 6.92 Å². The Kier molecular flexibility index (Phi) is 3.78. The molecule has 3 heterocycles. The monoisotopic (exact) mass is 314 g/mol. The van der Waals surface area contributed by atoms with E-state index in [2.05, 4.69) is 15.9 Å². The first-order chi connectivity index (χ1) is 9.84. The van der Waals surface area contributed by atoms with E-state index in [9.17, 15) is 13.2 Å². The molecular weight excluding hydrogens is 297 g/mol. The molecule has 2 aliphatic heterocycles. The molecule has 114 valence electrons. The quantitative estimate of drug-likeness (QED) is 0.586. The topological polar surface area (TPSA) is 16.1 Å². The fourth-order valence-corrected chi connectivity index (χ4v) is 4.33. The van der Waals surface area contributed by atoms with Crippen molar-refractivity contribution >= 4 is 11.9 Å². The summed E-state index contributed by atoms with van der Waals surface area (Å²) >= 11 is 1.55. The molecule has 3 rings (SSSR count). The molecule has 0 aromatic carbocycles. The van der Waals surface area contributed by atoms with E-state index < -0.39 is 11.9 Å². The number of nitrogens with zero attached hydrogens (tertiary/aromatic N) is 2. The van der Waals surface area contributed by atoms with Gasteiger partial charge >= 0.3 is 6.18 Å². The lowest BCUT2D eigenvalue weighted by molar-refractivity contribution is -0.141. The first-order valence-electron chi connectivity index (χ1n) is 7.02. The van der Waals surface area contributed by atoms with Crippen LogP contribution in [-0.4, -0.2) is 21.4 Å². The van der Waals surface area contributed by atoms with Gasteiger partial charge in [0.15, 0.2) is 0 Å². The Labute approximate surface area is 126 Å². The van der Waals surface area contributed by atoms with Gasteiger partial charge in [-0.3, -0.25) is 0 Å². The lowest BCUT2D eigenvalue weighted by Crippen LogP contribution is -2.34. The third-order valence-electron chi connectivity index (χ3n) is 4.13. The maximum atomic E-state index is 12.6. The first kappa shape index (κ1) is 14.9. The lowest BCUT2D eigenvalue weighted by Gasteiger charge is -2.34. The van der Waals surface area contributed by atoms with Crippen LogP contribution in [0.5, 0.6) is 0 Å². The normalized spacial score (nSPS) is 26.4. The molecule has 0 aliphatic carbocycles. The van der Waals surface area contributed by atoms with Crippen LogP contribution >= 0.6 is 11.9 Å². The minimum Gasteiger partial charge on any atom is -0.247 e. The molecule has 2 saturated heterocycles. The Bertz CT molecular complexity index is 555. The van der Waals surface area contributed by atoms with Crippen molar-refractivity contribution in [1.29, 1.82) is 0 Å². The summed E-state index contributed by atoms with van der Waals surface area (Å²) in [6, 6.07) is 3.53. The van der Waals surface area contributed by atoms with Crippen LogP contribution in [0.4, 0.5) is 13.2 Å². The van der Waals surface area contributed by atoms with Crippen LogP contribution in [0.2, 0.25) is 0 Å². The molecule has 2 atom stereocenters. The van der Waals surface area contributed by atoms with Gasteiger partial charge in [-0.15, -0.1) is 0 Å². The summed E-state index contributed by atoms with van der Waals surface area (Å²) in [4.78, 5) is 4.52. The number of piperidine rings is 1. The number of hydrogen-bond acceptors (Lipinski definition) is 3. The SMILES string of the molecule is C=C1CC2CCC(C1)N2Sc1ccc(C(F)(F)F)nc1C. The summed E-state index contributed by atoms with van der Waals surface area (Å²) in [5.41, 5.74) is 0.916. The highest BCUT2D eigenvalue weighted by molar-refractivity contribution is 7.97. The van der Waals surface area contributed by atoms with E-state index in [4.69, 9.17) is 0 Å². The zero-order chi connectivity index (χ0) is 15.2. The molecule has 21 heavy (non-hydrogen) atoms. The third-order valence-corrected chi connectivity index (χ3v) is 5.57. The number of fused-ring (bicyclic) bond motifs is 2. The summed E-state index contributed by atoms with van der Waals surface area (Å²) in [7, 11) is 0. The molecule has 0 amide bonds. The minimum atomic E-state index is -4.38. The third kappa shape index (κ3) is 2.97. The highest BCUT2D eigenvalue weighted by atomic mass is 32.2. The molecule has 1 aromatic heterocycles. The second-order valence-electron chi connectivity index (χ2n) is 5.77. The average molecular weight is 314 g/mol. The van der Waals surface area contributed by atoms with Crippen LogP contribution in [-0.2, 0) is 6.18 Å². The number of hydrogen-bond donors (Lipinski definition) is 0. The van der Waals surface area contributed by atoms with Crippen molar-refractivity contribution in [3.8, 4) is 0 Å². The molecule has 6 heteroatoms. The number of halogens is 3. The van der Waals surface area contributed by atoms with Crippen LogP contribution in [0.3, 0.4) is 0 Å². The first-order valence-corrected chi connectivity index (χ1v) is 7.79. The van der Waals surface area contributed by atoms with Crippen LogP contribution in [0.1, 0.15) is 37.1 Å². The van der Waals surface area contributed by atoms with Gasteiger partial charge in [0.2, 0.25) is 0 Å². The molecule has 2 unspecified atom stereocenters. The van der Waals surface area contributed by atoms with E-state index in [1.807, 2.05) is 0 Å². The summed E-state index contributed by atoms with van der Waals surface area (Å²) in [5, 5.41) is 0. The van der Waals surface area contributed by atoms with E-state index in [0.717, 1.165) is 36.6 Å². The van der Waals surface area contributed by atoms with E-state index >= 15 is 0 Å². The van der Waals surface area contributed by atoms with Gasteiger partial charge in [0.25, 0.3) is 0 Å². The van der Waals surface area contributed by atoms with E-state index in [1.54, 1.807) is 24.9 Å². The maximum absolute atomic E-state index is 12.6. The minimum absolute atomic E-state index is 0.443. The zero-order valence-electron chi connectivity index (χ0n) is 11.8. The smallest absolute Gasteiger partial charge is 0.247 e. The number of aryl methyl sites for hydroxylation is 1. The number of aromatic nitrogens is 1. The van der Waals surface area contributed by atoms with Crippen molar-refractivity contribution in [1.82, 2.24) is 9.29 Å². The largest absolute Gasteiger partial charge is 0.433 e. The molecule has 2 bridgehead atoms. The highest BCUT2D eigenvalue weighted by Gasteiger charge is 2.39.